The number of nitrogens with one attached hydrogen (secondary N) is 2. The average Bonchev–Trinajstić information content (AvgIpc) is 3.07. The highest BCUT2D eigenvalue weighted by atomic mass is 35.5. The summed E-state index contributed by atoms with van der Waals surface area (Å²) >= 11 is 6.13. The minimum Gasteiger partial charge on any atom is -0.369 e. The molecule has 2 aromatic rings. The Hall–Kier alpha value is -2.34. The molecule has 1 aromatic heterocycles. The Bertz CT molecular complexity index is 713. The third-order valence-corrected chi connectivity index (χ3v) is 4.44. The first-order valence-corrected chi connectivity index (χ1v) is 8.00. The minimum atomic E-state index is -0.789. The molecule has 0 fully saturated rings. The number of hydrogen-bond donors (Lipinski definition) is 3. The fraction of sp³-hybridized carbons (Fsp3) is 0.353. The van der Waals surface area contributed by atoms with Gasteiger partial charge in [-0.05, 0) is 31.9 Å². The van der Waals surface area contributed by atoms with Crippen LogP contribution >= 0.6 is 11.6 Å². The summed E-state index contributed by atoms with van der Waals surface area (Å²) in [5, 5.41) is 3.38. The first-order valence-electron chi connectivity index (χ1n) is 7.62. The molecule has 4 N–H and O–H groups in total. The molecule has 0 aliphatic rings. The molecule has 0 bridgehead atoms. The Morgan fingerprint density at radius 3 is 2.67 bits per heavy atom. The van der Waals surface area contributed by atoms with Gasteiger partial charge >= 0.3 is 0 Å². The van der Waals surface area contributed by atoms with E-state index in [2.05, 4.69) is 15.3 Å². The van der Waals surface area contributed by atoms with Crippen LogP contribution in [0.3, 0.4) is 0 Å². The highest BCUT2D eigenvalue weighted by Gasteiger charge is 2.32. The number of aromatic amines is 1. The van der Waals surface area contributed by atoms with Gasteiger partial charge in [0.15, 0.2) is 0 Å². The van der Waals surface area contributed by atoms with Gasteiger partial charge in [0, 0.05) is 23.5 Å². The Morgan fingerprint density at radius 1 is 1.38 bits per heavy atom. The van der Waals surface area contributed by atoms with E-state index in [9.17, 15) is 9.59 Å². The van der Waals surface area contributed by atoms with Crippen LogP contribution in [0.15, 0.2) is 36.8 Å². The molecule has 2 amide bonds. The van der Waals surface area contributed by atoms with Crippen molar-refractivity contribution in [2.45, 2.75) is 25.7 Å². The summed E-state index contributed by atoms with van der Waals surface area (Å²) in [5.41, 5.74) is 6.21. The van der Waals surface area contributed by atoms with Gasteiger partial charge in [-0.25, -0.2) is 4.98 Å². The second-order valence-electron chi connectivity index (χ2n) is 6.20. The van der Waals surface area contributed by atoms with Crippen LogP contribution in [0.4, 0.5) is 0 Å². The van der Waals surface area contributed by atoms with Crippen molar-refractivity contribution in [2.24, 2.45) is 11.7 Å². The number of halogens is 1. The maximum atomic E-state index is 12.5. The van der Waals surface area contributed by atoms with Crippen molar-refractivity contribution in [3.8, 4) is 0 Å². The number of imidazole rings is 1. The molecule has 0 unspecified atom stereocenters. The Labute approximate surface area is 145 Å². The minimum absolute atomic E-state index is 0.150. The number of carbonyl (C=O) groups is 2. The van der Waals surface area contributed by atoms with Crippen molar-refractivity contribution >= 4 is 23.4 Å². The fourth-order valence-electron chi connectivity index (χ4n) is 2.36. The molecule has 1 aromatic carbocycles. The Morgan fingerprint density at radius 2 is 2.08 bits per heavy atom. The molecule has 6 nitrogen and oxygen atoms in total. The predicted octanol–water partition coefficient (Wildman–Crippen LogP) is 1.80. The average molecular weight is 349 g/mol. The lowest BCUT2D eigenvalue weighted by atomic mass is 9.88. The standard InChI is InChI=1S/C17H21ClN4O2/c1-17(2,14-9-20-10-22-14)16(24)21-8-12(15(19)23)7-11-5-3-4-6-13(11)18/h3-6,9-10,12H,7-8H2,1-2H3,(H2,19,23)(H,20,22)(H,21,24)/t12-/m0/s1. The number of carbonyl (C=O) groups excluding carboxylic acids is 2. The normalized spacial score (nSPS) is 12.6. The van der Waals surface area contributed by atoms with E-state index in [-0.39, 0.29) is 12.5 Å². The predicted molar refractivity (Wildman–Crippen MR) is 92.5 cm³/mol. The number of amides is 2. The number of aromatic nitrogens is 2. The van der Waals surface area contributed by atoms with Crippen LogP contribution in [0.2, 0.25) is 5.02 Å². The lowest BCUT2D eigenvalue weighted by molar-refractivity contribution is -0.126. The third-order valence-electron chi connectivity index (χ3n) is 4.07. The zero-order chi connectivity index (χ0) is 17.7. The van der Waals surface area contributed by atoms with E-state index in [4.69, 9.17) is 17.3 Å². The van der Waals surface area contributed by atoms with Crippen molar-refractivity contribution in [3.05, 3.63) is 53.1 Å². The van der Waals surface area contributed by atoms with Gasteiger partial charge in [-0.3, -0.25) is 9.59 Å². The molecule has 7 heteroatoms. The van der Waals surface area contributed by atoms with Crippen molar-refractivity contribution in [2.75, 3.05) is 6.54 Å². The number of benzene rings is 1. The SMILES string of the molecule is CC(C)(C(=O)NC[C@H](Cc1ccccc1Cl)C(N)=O)c1cnc[nH]1. The van der Waals surface area contributed by atoms with E-state index in [1.54, 1.807) is 26.1 Å². The Kier molecular flexibility index (Phi) is 5.62. The number of nitrogens with zero attached hydrogens (tertiary/aromatic N) is 1. The van der Waals surface area contributed by atoms with Crippen LogP contribution in [0.5, 0.6) is 0 Å². The summed E-state index contributed by atoms with van der Waals surface area (Å²) in [6.45, 7) is 3.71. The number of primary amides is 1. The first-order chi connectivity index (χ1) is 11.3. The summed E-state index contributed by atoms with van der Waals surface area (Å²) in [7, 11) is 0. The van der Waals surface area contributed by atoms with Crippen LogP contribution in [-0.4, -0.2) is 28.3 Å². The lowest BCUT2D eigenvalue weighted by Crippen LogP contribution is -2.44. The second kappa shape index (κ2) is 7.49. The molecule has 24 heavy (non-hydrogen) atoms. The van der Waals surface area contributed by atoms with E-state index >= 15 is 0 Å². The fourth-order valence-corrected chi connectivity index (χ4v) is 2.57. The van der Waals surface area contributed by atoms with Gasteiger partial charge in [0.2, 0.25) is 11.8 Å². The number of rotatable bonds is 7. The van der Waals surface area contributed by atoms with Crippen LogP contribution in [0.25, 0.3) is 0 Å². The zero-order valence-electron chi connectivity index (χ0n) is 13.7. The van der Waals surface area contributed by atoms with E-state index in [1.807, 2.05) is 18.2 Å². The molecule has 0 saturated carbocycles. The van der Waals surface area contributed by atoms with Gasteiger partial charge in [0.25, 0.3) is 0 Å². The molecule has 2 rings (SSSR count). The van der Waals surface area contributed by atoms with Gasteiger partial charge in [-0.2, -0.15) is 0 Å². The molecular weight excluding hydrogens is 328 g/mol. The van der Waals surface area contributed by atoms with Gasteiger partial charge in [0.05, 0.1) is 17.7 Å². The van der Waals surface area contributed by atoms with Crippen molar-refractivity contribution in [1.29, 1.82) is 0 Å². The summed E-state index contributed by atoms with van der Waals surface area (Å²) in [4.78, 5) is 31.1. The summed E-state index contributed by atoms with van der Waals surface area (Å²) in [6.07, 6.45) is 3.50. The zero-order valence-corrected chi connectivity index (χ0v) is 14.4. The molecule has 0 aliphatic carbocycles. The highest BCUT2D eigenvalue weighted by Crippen LogP contribution is 2.21. The number of H-pyrrole nitrogens is 1. The van der Waals surface area contributed by atoms with Crippen LogP contribution in [0.1, 0.15) is 25.1 Å². The molecule has 0 spiro atoms. The van der Waals surface area contributed by atoms with Gasteiger partial charge < -0.3 is 16.0 Å². The molecule has 0 aliphatic heterocycles. The van der Waals surface area contributed by atoms with Gasteiger partial charge in [-0.15, -0.1) is 0 Å². The molecule has 0 radical (unpaired) electrons. The molecule has 1 heterocycles. The largest absolute Gasteiger partial charge is 0.369 e. The van der Waals surface area contributed by atoms with Crippen LogP contribution in [-0.2, 0) is 21.4 Å². The lowest BCUT2D eigenvalue weighted by Gasteiger charge is -2.23. The summed E-state index contributed by atoms with van der Waals surface area (Å²) < 4.78 is 0. The maximum absolute atomic E-state index is 12.5. The first kappa shape index (κ1) is 18.0. The monoisotopic (exact) mass is 348 g/mol. The summed E-state index contributed by atoms with van der Waals surface area (Å²) in [6, 6.07) is 7.27. The Balaban J connectivity index is 2.03. The number of nitrogens with two attached hydrogens (primary N) is 1. The second-order valence-corrected chi connectivity index (χ2v) is 6.60. The van der Waals surface area contributed by atoms with Crippen molar-refractivity contribution in [1.82, 2.24) is 15.3 Å². The van der Waals surface area contributed by atoms with Crippen LogP contribution in [0, 0.1) is 5.92 Å². The quantitative estimate of drug-likeness (QED) is 0.711. The smallest absolute Gasteiger partial charge is 0.231 e. The third kappa shape index (κ3) is 4.14. The van der Waals surface area contributed by atoms with Gasteiger partial charge in [0.1, 0.15) is 0 Å². The van der Waals surface area contributed by atoms with E-state index in [0.717, 1.165) is 5.56 Å². The topological polar surface area (TPSA) is 101 Å². The summed E-state index contributed by atoms with van der Waals surface area (Å²) in [5.74, 6) is -1.22. The molecule has 0 saturated heterocycles. The maximum Gasteiger partial charge on any atom is 0.231 e. The highest BCUT2D eigenvalue weighted by molar-refractivity contribution is 6.31. The van der Waals surface area contributed by atoms with Crippen LogP contribution < -0.4 is 11.1 Å². The van der Waals surface area contributed by atoms with Crippen molar-refractivity contribution < 1.29 is 9.59 Å². The molecule has 1 atom stereocenters. The van der Waals surface area contributed by atoms with E-state index in [0.29, 0.717) is 17.1 Å². The van der Waals surface area contributed by atoms with Crippen molar-refractivity contribution in [3.63, 3.8) is 0 Å². The van der Waals surface area contributed by atoms with Gasteiger partial charge in [-0.1, -0.05) is 29.8 Å². The molecular formula is C17H21ClN4O2. The number of hydrogen-bond acceptors (Lipinski definition) is 3. The van der Waals surface area contributed by atoms with E-state index < -0.39 is 17.2 Å². The molecule has 128 valence electrons. The van der Waals surface area contributed by atoms with E-state index in [1.165, 1.54) is 6.33 Å².